The molecule has 0 aliphatic carbocycles. The fourth-order valence-electron chi connectivity index (χ4n) is 3.02. The largest absolute Gasteiger partial charge is 0.317 e. The van der Waals surface area contributed by atoms with Crippen molar-refractivity contribution in [3.8, 4) is 10.7 Å². The summed E-state index contributed by atoms with van der Waals surface area (Å²) in [4.78, 5) is 10.8. The minimum atomic E-state index is 0.540. The Morgan fingerprint density at radius 3 is 2.67 bits per heavy atom. The summed E-state index contributed by atoms with van der Waals surface area (Å²) in [5.74, 6) is 1.41. The van der Waals surface area contributed by atoms with Crippen LogP contribution in [0.3, 0.4) is 0 Å². The van der Waals surface area contributed by atoms with Crippen LogP contribution in [0.25, 0.3) is 21.6 Å². The molecule has 4 heteroatoms. The van der Waals surface area contributed by atoms with Crippen molar-refractivity contribution < 1.29 is 0 Å². The van der Waals surface area contributed by atoms with Crippen LogP contribution < -0.4 is 5.32 Å². The number of hydrogen-bond donors (Lipinski definition) is 1. The van der Waals surface area contributed by atoms with Gasteiger partial charge in [0.1, 0.15) is 0 Å². The monoisotopic (exact) mass is 295 g/mol. The summed E-state index contributed by atoms with van der Waals surface area (Å²) in [7, 11) is 0. The molecule has 0 unspecified atom stereocenters. The van der Waals surface area contributed by atoms with Gasteiger partial charge in [-0.1, -0.05) is 24.3 Å². The lowest BCUT2D eigenvalue weighted by Crippen LogP contribution is -2.27. The molecule has 106 valence electrons. The lowest BCUT2D eigenvalue weighted by Gasteiger charge is -2.23. The van der Waals surface area contributed by atoms with Crippen LogP contribution in [0.15, 0.2) is 41.8 Å². The maximum Gasteiger partial charge on any atom is 0.170 e. The quantitative estimate of drug-likeness (QED) is 0.781. The van der Waals surface area contributed by atoms with Crippen LogP contribution in [0.5, 0.6) is 0 Å². The van der Waals surface area contributed by atoms with Crippen LogP contribution in [-0.4, -0.2) is 23.1 Å². The van der Waals surface area contributed by atoms with Gasteiger partial charge in [-0.05, 0) is 43.4 Å². The Morgan fingerprint density at radius 1 is 1.00 bits per heavy atom. The van der Waals surface area contributed by atoms with Crippen LogP contribution in [0.4, 0.5) is 0 Å². The minimum Gasteiger partial charge on any atom is -0.317 e. The highest BCUT2D eigenvalue weighted by Gasteiger charge is 2.20. The molecule has 0 radical (unpaired) electrons. The van der Waals surface area contributed by atoms with Gasteiger partial charge in [0.05, 0.1) is 16.1 Å². The summed E-state index contributed by atoms with van der Waals surface area (Å²) in [6, 6.07) is 12.5. The standard InChI is InChI=1S/C17H17N3S/c1-2-5-14-13(4-1)16(12-7-9-18-10-8-12)20-17(19-14)15-6-3-11-21-15/h1-6,11-12,18H,7-10H2. The van der Waals surface area contributed by atoms with E-state index in [-0.39, 0.29) is 0 Å². The van der Waals surface area contributed by atoms with E-state index >= 15 is 0 Å². The summed E-state index contributed by atoms with van der Waals surface area (Å²) in [6.07, 6.45) is 2.32. The molecule has 1 saturated heterocycles. The first-order chi connectivity index (χ1) is 10.4. The van der Waals surface area contributed by atoms with Gasteiger partial charge in [0.2, 0.25) is 0 Å². The van der Waals surface area contributed by atoms with Gasteiger partial charge in [-0.25, -0.2) is 9.97 Å². The van der Waals surface area contributed by atoms with Gasteiger partial charge in [0, 0.05) is 11.3 Å². The molecular weight excluding hydrogens is 278 g/mol. The molecule has 1 aliphatic heterocycles. The fraction of sp³-hybridized carbons (Fsp3) is 0.294. The number of benzene rings is 1. The molecule has 0 atom stereocenters. The van der Waals surface area contributed by atoms with E-state index in [0.717, 1.165) is 42.1 Å². The number of aromatic nitrogens is 2. The molecule has 0 spiro atoms. The highest BCUT2D eigenvalue weighted by Crippen LogP contribution is 2.32. The van der Waals surface area contributed by atoms with Crippen LogP contribution >= 0.6 is 11.3 Å². The second-order valence-corrected chi connectivity index (χ2v) is 6.40. The molecule has 1 fully saturated rings. The number of piperidine rings is 1. The Bertz CT molecular complexity index is 746. The number of para-hydroxylation sites is 1. The molecule has 3 nitrogen and oxygen atoms in total. The highest BCUT2D eigenvalue weighted by molar-refractivity contribution is 7.13. The molecule has 21 heavy (non-hydrogen) atoms. The first-order valence-corrected chi connectivity index (χ1v) is 8.31. The molecule has 1 N–H and O–H groups in total. The topological polar surface area (TPSA) is 37.8 Å². The molecular formula is C17H17N3S. The van der Waals surface area contributed by atoms with Crippen LogP contribution in [0, 0.1) is 0 Å². The van der Waals surface area contributed by atoms with Crippen LogP contribution in [0.1, 0.15) is 24.5 Å². The van der Waals surface area contributed by atoms with Crippen molar-refractivity contribution in [3.63, 3.8) is 0 Å². The molecule has 0 amide bonds. The Balaban J connectivity index is 1.90. The second-order valence-electron chi connectivity index (χ2n) is 5.45. The molecule has 2 aromatic heterocycles. The summed E-state index contributed by atoms with van der Waals surface area (Å²) in [5, 5.41) is 6.73. The minimum absolute atomic E-state index is 0.540. The first kappa shape index (κ1) is 12.9. The van der Waals surface area contributed by atoms with Crippen LogP contribution in [0.2, 0.25) is 0 Å². The van der Waals surface area contributed by atoms with Gasteiger partial charge >= 0.3 is 0 Å². The normalized spacial score (nSPS) is 16.4. The van der Waals surface area contributed by atoms with E-state index in [1.807, 2.05) is 0 Å². The maximum absolute atomic E-state index is 4.94. The van der Waals surface area contributed by atoms with Gasteiger partial charge in [0.15, 0.2) is 5.82 Å². The van der Waals surface area contributed by atoms with Gasteiger partial charge in [-0.15, -0.1) is 11.3 Å². The predicted molar refractivity (Wildman–Crippen MR) is 87.7 cm³/mol. The van der Waals surface area contributed by atoms with E-state index in [1.54, 1.807) is 11.3 Å². The van der Waals surface area contributed by atoms with E-state index in [9.17, 15) is 0 Å². The van der Waals surface area contributed by atoms with Crippen molar-refractivity contribution in [2.75, 3.05) is 13.1 Å². The zero-order valence-corrected chi connectivity index (χ0v) is 12.6. The summed E-state index contributed by atoms with van der Waals surface area (Å²) >= 11 is 1.70. The van der Waals surface area contributed by atoms with Gasteiger partial charge in [-0.2, -0.15) is 0 Å². The average Bonchev–Trinajstić information content (AvgIpc) is 3.09. The smallest absolute Gasteiger partial charge is 0.170 e. The van der Waals surface area contributed by atoms with Gasteiger partial charge in [-0.3, -0.25) is 0 Å². The third-order valence-electron chi connectivity index (χ3n) is 4.10. The molecule has 0 saturated carbocycles. The second kappa shape index (κ2) is 5.54. The summed E-state index contributed by atoms with van der Waals surface area (Å²) in [5.41, 5.74) is 2.29. The van der Waals surface area contributed by atoms with Gasteiger partial charge < -0.3 is 5.32 Å². The Kier molecular flexibility index (Phi) is 3.41. The molecule has 3 heterocycles. The zero-order valence-electron chi connectivity index (χ0n) is 11.7. The molecule has 0 bridgehead atoms. The van der Waals surface area contributed by atoms with E-state index in [0.29, 0.717) is 5.92 Å². The number of thiophene rings is 1. The van der Waals surface area contributed by atoms with Crippen molar-refractivity contribution in [2.45, 2.75) is 18.8 Å². The summed E-state index contributed by atoms with van der Waals surface area (Å²) < 4.78 is 0. The SMILES string of the molecule is c1csc(-c2nc(C3CCNCC3)c3ccccc3n2)c1. The number of nitrogens with one attached hydrogen (secondary N) is 1. The third kappa shape index (κ3) is 2.45. The van der Waals surface area contributed by atoms with Crippen molar-refractivity contribution in [3.05, 3.63) is 47.5 Å². The number of rotatable bonds is 2. The lowest BCUT2D eigenvalue weighted by atomic mass is 9.92. The number of hydrogen-bond acceptors (Lipinski definition) is 4. The summed E-state index contributed by atoms with van der Waals surface area (Å²) in [6.45, 7) is 2.16. The van der Waals surface area contributed by atoms with Crippen molar-refractivity contribution in [1.29, 1.82) is 0 Å². The maximum atomic E-state index is 4.94. The highest BCUT2D eigenvalue weighted by atomic mass is 32.1. The van der Waals surface area contributed by atoms with Crippen molar-refractivity contribution in [2.24, 2.45) is 0 Å². The first-order valence-electron chi connectivity index (χ1n) is 7.43. The van der Waals surface area contributed by atoms with Crippen molar-refractivity contribution >= 4 is 22.2 Å². The number of fused-ring (bicyclic) bond motifs is 1. The molecule has 3 aromatic rings. The Morgan fingerprint density at radius 2 is 1.86 bits per heavy atom. The lowest BCUT2D eigenvalue weighted by molar-refractivity contribution is 0.455. The molecule has 1 aliphatic rings. The Labute approximate surface area is 128 Å². The van der Waals surface area contributed by atoms with E-state index in [2.05, 4.69) is 47.1 Å². The number of nitrogens with zero attached hydrogens (tertiary/aromatic N) is 2. The predicted octanol–water partition coefficient (Wildman–Crippen LogP) is 3.83. The van der Waals surface area contributed by atoms with Gasteiger partial charge in [0.25, 0.3) is 0 Å². The third-order valence-corrected chi connectivity index (χ3v) is 4.97. The van der Waals surface area contributed by atoms with E-state index in [1.165, 1.54) is 11.1 Å². The molecule has 1 aromatic carbocycles. The van der Waals surface area contributed by atoms with E-state index < -0.39 is 0 Å². The van der Waals surface area contributed by atoms with E-state index in [4.69, 9.17) is 9.97 Å². The van der Waals surface area contributed by atoms with Crippen LogP contribution in [-0.2, 0) is 0 Å². The Hall–Kier alpha value is -1.78. The zero-order chi connectivity index (χ0) is 14.1. The average molecular weight is 295 g/mol. The molecule has 4 rings (SSSR count). The van der Waals surface area contributed by atoms with Crippen molar-refractivity contribution in [1.82, 2.24) is 15.3 Å². The fourth-order valence-corrected chi connectivity index (χ4v) is 3.68.